The molecule has 46 heavy (non-hydrogen) atoms. The van der Waals surface area contributed by atoms with Crippen LogP contribution in [0, 0.1) is 0 Å². The third kappa shape index (κ3) is 9.41. The van der Waals surface area contributed by atoms with E-state index < -0.39 is 29.9 Å². The molecule has 1 aromatic heterocycles. The smallest absolute Gasteiger partial charge is 0.409 e. The molecule has 3 heterocycles. The van der Waals surface area contributed by atoms with Crippen LogP contribution in [0.1, 0.15) is 56.4 Å². The van der Waals surface area contributed by atoms with Gasteiger partial charge in [-0.3, -0.25) is 19.2 Å². The number of rotatable bonds is 12. The number of amides is 4. The molecule has 2 saturated heterocycles. The molecule has 0 aliphatic carbocycles. The number of carbonyl (C=O) groups is 5. The summed E-state index contributed by atoms with van der Waals surface area (Å²) in [6.07, 6.45) is 1.97. The summed E-state index contributed by atoms with van der Waals surface area (Å²) in [5, 5.41) is 12.1. The summed E-state index contributed by atoms with van der Waals surface area (Å²) >= 11 is 0. The number of piperazine rings is 2. The van der Waals surface area contributed by atoms with E-state index >= 15 is 0 Å². The summed E-state index contributed by atoms with van der Waals surface area (Å²) in [7, 11) is 0. The van der Waals surface area contributed by atoms with Gasteiger partial charge in [0, 0.05) is 77.0 Å². The number of anilines is 1. The van der Waals surface area contributed by atoms with Crippen LogP contribution in [-0.2, 0) is 19.1 Å². The number of nitrogens with zero attached hydrogens (tertiary/aromatic N) is 5. The fraction of sp³-hybridized carbons (Fsp3) is 0.515. The zero-order valence-corrected chi connectivity index (χ0v) is 26.7. The third-order valence-electron chi connectivity index (χ3n) is 8.28. The number of carbonyl (C=O) groups excluding carboxylic acids is 4. The number of carboxylic acid groups (broad SMARTS) is 1. The maximum atomic E-state index is 13.7. The summed E-state index contributed by atoms with van der Waals surface area (Å²) in [6, 6.07) is 11.9. The number of nitrogens with one attached hydrogen (secondary N) is 1. The Hall–Kier alpha value is -4.68. The molecule has 13 heteroatoms. The number of ether oxygens (including phenoxy) is 1. The zero-order chi connectivity index (χ0) is 33.1. The van der Waals surface area contributed by atoms with Crippen molar-refractivity contribution in [2.75, 3.05) is 63.9 Å². The van der Waals surface area contributed by atoms with Gasteiger partial charge in [0.15, 0.2) is 0 Å². The highest BCUT2D eigenvalue weighted by Gasteiger charge is 2.31. The highest BCUT2D eigenvalue weighted by atomic mass is 16.6. The molecule has 2 aliphatic rings. The van der Waals surface area contributed by atoms with Crippen molar-refractivity contribution in [1.82, 2.24) is 25.0 Å². The monoisotopic (exact) mass is 636 g/mol. The zero-order valence-electron chi connectivity index (χ0n) is 26.7. The predicted molar refractivity (Wildman–Crippen MR) is 171 cm³/mol. The molecule has 248 valence electrons. The topological polar surface area (TPSA) is 153 Å². The second kappa shape index (κ2) is 16.6. The maximum Gasteiger partial charge on any atom is 0.409 e. The average molecular weight is 637 g/mol. The Balaban J connectivity index is 1.48. The summed E-state index contributed by atoms with van der Waals surface area (Å²) < 4.78 is 5.34. The molecule has 2 aliphatic heterocycles. The van der Waals surface area contributed by atoms with E-state index in [9.17, 15) is 29.1 Å². The van der Waals surface area contributed by atoms with Crippen LogP contribution < -0.4 is 10.2 Å². The molecule has 0 spiro atoms. The number of hydrogen-bond donors (Lipinski definition) is 2. The minimum Gasteiger partial charge on any atom is -0.481 e. The van der Waals surface area contributed by atoms with E-state index in [1.165, 1.54) is 0 Å². The number of carboxylic acids is 1. The number of hydrogen-bond acceptors (Lipinski definition) is 8. The first-order valence-electron chi connectivity index (χ1n) is 16.0. The van der Waals surface area contributed by atoms with Crippen molar-refractivity contribution in [3.8, 4) is 11.3 Å². The van der Waals surface area contributed by atoms with Crippen molar-refractivity contribution < 1.29 is 33.8 Å². The molecule has 4 rings (SSSR count). The van der Waals surface area contributed by atoms with Crippen LogP contribution in [0.5, 0.6) is 0 Å². The van der Waals surface area contributed by atoms with Crippen LogP contribution in [-0.4, -0.2) is 120 Å². The number of aliphatic carboxylic acids is 1. The predicted octanol–water partition coefficient (Wildman–Crippen LogP) is 2.85. The molecule has 0 unspecified atom stereocenters. The van der Waals surface area contributed by atoms with Crippen molar-refractivity contribution in [1.29, 1.82) is 0 Å². The summed E-state index contributed by atoms with van der Waals surface area (Å²) in [5.41, 5.74) is 2.23. The van der Waals surface area contributed by atoms with Gasteiger partial charge in [-0.1, -0.05) is 50.1 Å². The number of pyridine rings is 1. The summed E-state index contributed by atoms with van der Waals surface area (Å²) in [4.78, 5) is 74.6. The highest BCUT2D eigenvalue weighted by Crippen LogP contribution is 2.26. The Morgan fingerprint density at radius 1 is 0.891 bits per heavy atom. The first-order valence-corrected chi connectivity index (χ1v) is 16.0. The van der Waals surface area contributed by atoms with Crippen LogP contribution in [0.2, 0.25) is 0 Å². The van der Waals surface area contributed by atoms with Gasteiger partial charge in [0.05, 0.1) is 12.3 Å². The molecule has 13 nitrogen and oxygen atoms in total. The molecule has 2 fully saturated rings. The van der Waals surface area contributed by atoms with Gasteiger partial charge >= 0.3 is 12.1 Å². The lowest BCUT2D eigenvalue weighted by atomic mass is 10.1. The molecular formula is C33H44N6O7. The Bertz CT molecular complexity index is 1370. The summed E-state index contributed by atoms with van der Waals surface area (Å²) in [6.45, 7) is 7.26. The van der Waals surface area contributed by atoms with Crippen LogP contribution in [0.4, 0.5) is 10.5 Å². The molecule has 0 radical (unpaired) electrons. The minimum atomic E-state index is -1.10. The largest absolute Gasteiger partial charge is 0.481 e. The SMILES string of the molecule is CCCCCOC(=O)N1CCN(C(=O)[C@H](CCC(=O)O)NC(=O)c2cc(N3CCN(C(C)=O)CC3)cc(-c3ccccc3)n2)CC1. The van der Waals surface area contributed by atoms with Crippen molar-refractivity contribution in [3.05, 3.63) is 48.2 Å². The lowest BCUT2D eigenvalue weighted by Gasteiger charge is -2.36. The second-order valence-corrected chi connectivity index (χ2v) is 11.5. The van der Waals surface area contributed by atoms with Gasteiger partial charge in [0.2, 0.25) is 11.8 Å². The molecule has 2 N–H and O–H groups in total. The first kappa shape index (κ1) is 34.2. The van der Waals surface area contributed by atoms with Crippen molar-refractivity contribution >= 4 is 35.5 Å². The Morgan fingerprint density at radius 2 is 1.54 bits per heavy atom. The molecular weight excluding hydrogens is 592 g/mol. The van der Waals surface area contributed by atoms with Gasteiger partial charge in [-0.15, -0.1) is 0 Å². The van der Waals surface area contributed by atoms with E-state index in [0.29, 0.717) is 38.5 Å². The molecule has 1 atom stereocenters. The lowest BCUT2D eigenvalue weighted by molar-refractivity contribution is -0.138. The van der Waals surface area contributed by atoms with Gasteiger partial charge in [0.1, 0.15) is 11.7 Å². The third-order valence-corrected chi connectivity index (χ3v) is 8.28. The van der Waals surface area contributed by atoms with Gasteiger partial charge in [0.25, 0.3) is 5.91 Å². The van der Waals surface area contributed by atoms with E-state index in [0.717, 1.165) is 30.5 Å². The maximum absolute atomic E-state index is 13.7. The van der Waals surface area contributed by atoms with Gasteiger partial charge < -0.3 is 34.8 Å². The molecule has 0 bridgehead atoms. The molecule has 1 aromatic carbocycles. The Labute approximate surface area is 269 Å². The number of unbranched alkanes of at least 4 members (excludes halogenated alkanes) is 2. The van der Waals surface area contributed by atoms with Crippen molar-refractivity contribution in [3.63, 3.8) is 0 Å². The standard InChI is InChI=1S/C33H44N6O7/c1-3-4-8-21-46-33(45)39-19-17-38(18-20-39)32(44)27(11-12-30(41)42)35-31(43)29-23-26(37-15-13-36(14-16-37)24(2)40)22-28(34-29)25-9-6-5-7-10-25/h5-7,9-10,22-23,27H,3-4,8,11-21H2,1-2H3,(H,35,43)(H,41,42)/t27-/m0/s1. The number of benzene rings is 1. The van der Waals surface area contributed by atoms with E-state index in [1.807, 2.05) is 36.4 Å². The van der Waals surface area contributed by atoms with Crippen LogP contribution in [0.3, 0.4) is 0 Å². The van der Waals surface area contributed by atoms with Crippen LogP contribution in [0.15, 0.2) is 42.5 Å². The quantitative estimate of drug-likeness (QED) is 0.335. The van der Waals surface area contributed by atoms with Crippen molar-refractivity contribution in [2.24, 2.45) is 0 Å². The Kier molecular flexibility index (Phi) is 12.3. The van der Waals surface area contributed by atoms with E-state index in [-0.39, 0.29) is 50.6 Å². The summed E-state index contributed by atoms with van der Waals surface area (Å²) in [5.74, 6) is -2.08. The van der Waals surface area contributed by atoms with Crippen LogP contribution in [0.25, 0.3) is 11.3 Å². The fourth-order valence-corrected chi connectivity index (χ4v) is 5.54. The molecule has 2 aromatic rings. The van der Waals surface area contributed by atoms with Gasteiger partial charge in [-0.25, -0.2) is 9.78 Å². The van der Waals surface area contributed by atoms with Crippen molar-refractivity contribution in [2.45, 2.75) is 52.0 Å². The fourth-order valence-electron chi connectivity index (χ4n) is 5.54. The van der Waals surface area contributed by atoms with Crippen LogP contribution >= 0.6 is 0 Å². The van der Waals surface area contributed by atoms with E-state index in [1.54, 1.807) is 27.7 Å². The highest BCUT2D eigenvalue weighted by molar-refractivity contribution is 5.97. The Morgan fingerprint density at radius 3 is 2.17 bits per heavy atom. The second-order valence-electron chi connectivity index (χ2n) is 11.5. The van der Waals surface area contributed by atoms with E-state index in [4.69, 9.17) is 4.74 Å². The number of aromatic nitrogens is 1. The minimum absolute atomic E-state index is 0.0141. The normalized spacial score (nSPS) is 15.7. The van der Waals surface area contributed by atoms with Gasteiger partial charge in [-0.2, -0.15) is 0 Å². The van der Waals surface area contributed by atoms with E-state index in [2.05, 4.69) is 22.1 Å². The molecule has 4 amide bonds. The lowest BCUT2D eigenvalue weighted by Crippen LogP contribution is -2.56. The van der Waals surface area contributed by atoms with Gasteiger partial charge in [-0.05, 0) is 25.0 Å². The molecule has 0 saturated carbocycles. The first-order chi connectivity index (χ1) is 22.2. The average Bonchev–Trinajstić information content (AvgIpc) is 3.08.